The SMILES string of the molecule is Cc1cc(C)nc(-n2nc(C)c(CC(=O)NC3CC4CCC(C3)N4)c2C)n1.Cl. The number of halogens is 1. The molecule has 0 saturated carbocycles. The highest BCUT2D eigenvalue weighted by molar-refractivity contribution is 5.85. The van der Waals surface area contributed by atoms with Gasteiger partial charge in [0.1, 0.15) is 0 Å². The minimum Gasteiger partial charge on any atom is -0.353 e. The van der Waals surface area contributed by atoms with Gasteiger partial charge in [0, 0.05) is 40.8 Å². The van der Waals surface area contributed by atoms with Crippen molar-refractivity contribution < 1.29 is 4.79 Å². The van der Waals surface area contributed by atoms with Crippen LogP contribution in [-0.2, 0) is 11.2 Å². The molecule has 2 aromatic rings. The number of hydrogen-bond acceptors (Lipinski definition) is 5. The Kier molecular flexibility index (Phi) is 6.05. The number of aryl methyl sites for hydroxylation is 3. The smallest absolute Gasteiger partial charge is 0.251 e. The summed E-state index contributed by atoms with van der Waals surface area (Å²) in [4.78, 5) is 21.7. The van der Waals surface area contributed by atoms with Gasteiger partial charge in [0.2, 0.25) is 5.91 Å². The molecule has 152 valence electrons. The van der Waals surface area contributed by atoms with Gasteiger partial charge in [-0.25, -0.2) is 14.6 Å². The monoisotopic (exact) mass is 404 g/mol. The third-order valence-corrected chi connectivity index (χ3v) is 5.78. The molecule has 2 N–H and O–H groups in total. The Balaban J connectivity index is 0.00000225. The summed E-state index contributed by atoms with van der Waals surface area (Å²) in [6.45, 7) is 7.82. The van der Waals surface area contributed by atoms with Crippen LogP contribution in [0.15, 0.2) is 6.07 Å². The van der Waals surface area contributed by atoms with Crippen LogP contribution in [0.3, 0.4) is 0 Å². The second-order valence-corrected chi connectivity index (χ2v) is 8.06. The molecule has 0 spiro atoms. The van der Waals surface area contributed by atoms with E-state index in [4.69, 9.17) is 0 Å². The Labute approximate surface area is 172 Å². The van der Waals surface area contributed by atoms with E-state index in [1.54, 1.807) is 4.68 Å². The summed E-state index contributed by atoms with van der Waals surface area (Å²) in [6, 6.07) is 3.37. The summed E-state index contributed by atoms with van der Waals surface area (Å²) in [6.07, 6.45) is 4.89. The zero-order valence-electron chi connectivity index (χ0n) is 17.0. The highest BCUT2D eigenvalue weighted by Crippen LogP contribution is 2.27. The number of nitrogens with one attached hydrogen (secondary N) is 2. The number of carbonyl (C=O) groups is 1. The number of fused-ring (bicyclic) bond motifs is 2. The van der Waals surface area contributed by atoms with E-state index < -0.39 is 0 Å². The van der Waals surface area contributed by atoms with E-state index >= 15 is 0 Å². The molecule has 2 aliphatic heterocycles. The summed E-state index contributed by atoms with van der Waals surface area (Å²) < 4.78 is 1.75. The predicted molar refractivity (Wildman–Crippen MR) is 110 cm³/mol. The van der Waals surface area contributed by atoms with Crippen molar-refractivity contribution in [3.8, 4) is 5.95 Å². The number of carbonyl (C=O) groups excluding carboxylic acids is 1. The Morgan fingerprint density at radius 3 is 2.36 bits per heavy atom. The highest BCUT2D eigenvalue weighted by atomic mass is 35.5. The lowest BCUT2D eigenvalue weighted by Gasteiger charge is -2.29. The van der Waals surface area contributed by atoms with Gasteiger partial charge in [0.15, 0.2) is 0 Å². The van der Waals surface area contributed by atoms with E-state index in [0.717, 1.165) is 41.2 Å². The van der Waals surface area contributed by atoms with Crippen molar-refractivity contribution >= 4 is 18.3 Å². The molecule has 2 unspecified atom stereocenters. The average Bonchev–Trinajstić information content (AvgIpc) is 3.07. The van der Waals surface area contributed by atoms with Gasteiger partial charge < -0.3 is 10.6 Å². The molecule has 2 fully saturated rings. The summed E-state index contributed by atoms with van der Waals surface area (Å²) in [5, 5.41) is 11.5. The molecule has 8 heteroatoms. The average molecular weight is 405 g/mol. The lowest BCUT2D eigenvalue weighted by molar-refractivity contribution is -0.121. The number of hydrogen-bond donors (Lipinski definition) is 2. The van der Waals surface area contributed by atoms with Crippen molar-refractivity contribution in [2.24, 2.45) is 0 Å². The minimum absolute atomic E-state index is 0. The van der Waals surface area contributed by atoms with Gasteiger partial charge >= 0.3 is 0 Å². The van der Waals surface area contributed by atoms with E-state index in [9.17, 15) is 4.79 Å². The summed E-state index contributed by atoms with van der Waals surface area (Å²) in [5.74, 6) is 0.642. The van der Waals surface area contributed by atoms with Crippen LogP contribution >= 0.6 is 12.4 Å². The number of nitrogens with zero attached hydrogens (tertiary/aromatic N) is 4. The molecule has 0 aliphatic carbocycles. The molecule has 2 saturated heterocycles. The van der Waals surface area contributed by atoms with Crippen molar-refractivity contribution in [1.29, 1.82) is 0 Å². The Morgan fingerprint density at radius 1 is 1.14 bits per heavy atom. The molecule has 4 heterocycles. The minimum atomic E-state index is 0. The first-order chi connectivity index (χ1) is 12.9. The highest BCUT2D eigenvalue weighted by Gasteiger charge is 2.34. The summed E-state index contributed by atoms with van der Waals surface area (Å²) >= 11 is 0. The molecule has 7 nitrogen and oxygen atoms in total. The maximum absolute atomic E-state index is 12.7. The molecule has 0 aromatic carbocycles. The van der Waals surface area contributed by atoms with Crippen LogP contribution < -0.4 is 10.6 Å². The van der Waals surface area contributed by atoms with E-state index in [1.807, 2.05) is 33.8 Å². The van der Waals surface area contributed by atoms with Crippen LogP contribution in [0.4, 0.5) is 0 Å². The first-order valence-electron chi connectivity index (χ1n) is 9.82. The van der Waals surface area contributed by atoms with E-state index in [2.05, 4.69) is 25.7 Å². The molecular weight excluding hydrogens is 376 g/mol. The van der Waals surface area contributed by atoms with Crippen LogP contribution in [-0.4, -0.2) is 43.8 Å². The zero-order chi connectivity index (χ0) is 19.1. The fourth-order valence-corrected chi connectivity index (χ4v) is 4.54. The van der Waals surface area contributed by atoms with Crippen LogP contribution in [0.1, 0.15) is 54.0 Å². The van der Waals surface area contributed by atoms with Crippen molar-refractivity contribution in [1.82, 2.24) is 30.4 Å². The van der Waals surface area contributed by atoms with Gasteiger partial charge in [-0.1, -0.05) is 0 Å². The quantitative estimate of drug-likeness (QED) is 0.816. The third-order valence-electron chi connectivity index (χ3n) is 5.78. The Bertz CT molecular complexity index is 848. The van der Waals surface area contributed by atoms with E-state index in [-0.39, 0.29) is 24.4 Å². The van der Waals surface area contributed by atoms with Gasteiger partial charge in [-0.15, -0.1) is 12.4 Å². The number of amides is 1. The normalized spacial score (nSPS) is 23.4. The van der Waals surface area contributed by atoms with Gasteiger partial charge in [-0.3, -0.25) is 4.79 Å². The molecule has 2 bridgehead atoms. The van der Waals surface area contributed by atoms with Gasteiger partial charge in [0.25, 0.3) is 5.95 Å². The third kappa shape index (κ3) is 4.20. The fraction of sp³-hybridized carbons (Fsp3) is 0.600. The molecule has 4 rings (SSSR count). The van der Waals surface area contributed by atoms with Gasteiger partial charge in [0.05, 0.1) is 12.1 Å². The Hall–Kier alpha value is -1.99. The van der Waals surface area contributed by atoms with Crippen molar-refractivity contribution in [2.75, 3.05) is 0 Å². The lowest BCUT2D eigenvalue weighted by Crippen LogP contribution is -2.48. The lowest BCUT2D eigenvalue weighted by atomic mass is 9.99. The molecule has 2 aromatic heterocycles. The van der Waals surface area contributed by atoms with Crippen molar-refractivity contribution in [3.05, 3.63) is 34.4 Å². The Morgan fingerprint density at radius 2 is 1.75 bits per heavy atom. The number of piperidine rings is 1. The van der Waals surface area contributed by atoms with Crippen LogP contribution in [0, 0.1) is 27.7 Å². The van der Waals surface area contributed by atoms with Crippen LogP contribution in [0.5, 0.6) is 0 Å². The van der Waals surface area contributed by atoms with E-state index in [1.165, 1.54) is 12.8 Å². The predicted octanol–water partition coefficient (Wildman–Crippen LogP) is 2.26. The number of aromatic nitrogens is 4. The topological polar surface area (TPSA) is 84.7 Å². The van der Waals surface area contributed by atoms with Gasteiger partial charge in [-0.05, 0) is 59.4 Å². The second kappa shape index (κ2) is 8.17. The maximum Gasteiger partial charge on any atom is 0.251 e. The van der Waals surface area contributed by atoms with Crippen LogP contribution in [0.2, 0.25) is 0 Å². The molecule has 2 atom stereocenters. The van der Waals surface area contributed by atoms with Crippen molar-refractivity contribution in [2.45, 2.75) is 77.9 Å². The first-order valence-corrected chi connectivity index (χ1v) is 9.82. The standard InChI is InChI=1S/C20H28N6O.ClH/c1-11-7-12(2)22-20(21-11)26-14(4)18(13(3)25-26)10-19(27)24-17-8-15-5-6-16(9-17)23-15;/h7,15-17,23H,5-6,8-10H2,1-4H3,(H,24,27);1H. The fourth-order valence-electron chi connectivity index (χ4n) is 4.54. The summed E-state index contributed by atoms with van der Waals surface area (Å²) in [5.41, 5.74) is 4.57. The summed E-state index contributed by atoms with van der Waals surface area (Å²) in [7, 11) is 0. The molecule has 2 aliphatic rings. The molecular formula is C20H29ClN6O. The molecule has 1 amide bonds. The largest absolute Gasteiger partial charge is 0.353 e. The molecule has 0 radical (unpaired) electrons. The maximum atomic E-state index is 12.7. The second-order valence-electron chi connectivity index (χ2n) is 8.06. The van der Waals surface area contributed by atoms with Crippen molar-refractivity contribution in [3.63, 3.8) is 0 Å². The van der Waals surface area contributed by atoms with E-state index in [0.29, 0.717) is 24.5 Å². The van der Waals surface area contributed by atoms with Crippen LogP contribution in [0.25, 0.3) is 5.95 Å². The zero-order valence-corrected chi connectivity index (χ0v) is 17.8. The number of rotatable bonds is 4. The first kappa shape index (κ1) is 20.7. The van der Waals surface area contributed by atoms with Gasteiger partial charge in [-0.2, -0.15) is 5.10 Å². The molecule has 28 heavy (non-hydrogen) atoms.